The number of carbonyl (C=O) groups is 2. The molecule has 2 aromatic rings. The van der Waals surface area contributed by atoms with E-state index in [2.05, 4.69) is 10.9 Å². The van der Waals surface area contributed by atoms with Crippen LogP contribution in [0.15, 0.2) is 30.3 Å². The predicted octanol–water partition coefficient (Wildman–Crippen LogP) is 3.39. The van der Waals surface area contributed by atoms with Gasteiger partial charge in [-0.2, -0.15) is 0 Å². The molecule has 0 aromatic heterocycles. The summed E-state index contributed by atoms with van der Waals surface area (Å²) in [5.74, 6) is -0.141. The van der Waals surface area contributed by atoms with Crippen LogP contribution in [0.5, 0.6) is 11.5 Å². The number of hydrazine groups is 1. The quantitative estimate of drug-likeness (QED) is 0.794. The molecule has 0 fully saturated rings. The first-order valence-electron chi connectivity index (χ1n) is 7.15. The van der Waals surface area contributed by atoms with Gasteiger partial charge in [0.1, 0.15) is 11.5 Å². The fraction of sp³-hybridized carbons (Fsp3) is 0.176. The van der Waals surface area contributed by atoms with Crippen molar-refractivity contribution in [3.8, 4) is 11.5 Å². The summed E-state index contributed by atoms with van der Waals surface area (Å²) in [5, 5.41) is 0.573. The highest BCUT2D eigenvalue weighted by Gasteiger charge is 2.16. The van der Waals surface area contributed by atoms with Gasteiger partial charge in [0, 0.05) is 16.1 Å². The van der Waals surface area contributed by atoms with Crippen LogP contribution in [0.25, 0.3) is 0 Å². The molecule has 132 valence electrons. The second-order valence-electron chi connectivity index (χ2n) is 5.04. The molecule has 0 spiro atoms. The lowest BCUT2D eigenvalue weighted by molar-refractivity contribution is 0.0846. The molecule has 0 aliphatic carbocycles. The number of rotatable bonds is 4. The fourth-order valence-electron chi connectivity index (χ4n) is 2.14. The molecule has 0 aliphatic heterocycles. The van der Waals surface area contributed by atoms with E-state index in [4.69, 9.17) is 32.7 Å². The van der Waals surface area contributed by atoms with Gasteiger partial charge in [-0.15, -0.1) is 0 Å². The average Bonchev–Trinajstić information content (AvgIpc) is 2.61. The number of amides is 2. The van der Waals surface area contributed by atoms with Crippen LogP contribution in [0.3, 0.4) is 0 Å². The minimum absolute atomic E-state index is 0.147. The minimum atomic E-state index is -0.591. The van der Waals surface area contributed by atoms with Gasteiger partial charge in [-0.05, 0) is 37.3 Å². The Kier molecular flexibility index (Phi) is 6.12. The number of carbonyl (C=O) groups excluding carboxylic acids is 2. The van der Waals surface area contributed by atoms with Crippen molar-refractivity contribution in [2.75, 3.05) is 14.2 Å². The van der Waals surface area contributed by atoms with Crippen LogP contribution in [0.2, 0.25) is 10.0 Å². The van der Waals surface area contributed by atoms with Crippen molar-refractivity contribution in [2.45, 2.75) is 6.92 Å². The number of hydrogen-bond donors (Lipinski definition) is 2. The van der Waals surface area contributed by atoms with Crippen molar-refractivity contribution in [1.29, 1.82) is 0 Å². The van der Waals surface area contributed by atoms with Gasteiger partial charge in [-0.3, -0.25) is 20.4 Å². The molecule has 0 aliphatic rings. The summed E-state index contributed by atoms with van der Waals surface area (Å²) >= 11 is 11.8. The molecule has 2 rings (SSSR count). The number of halogens is 2. The maximum Gasteiger partial charge on any atom is 0.271 e. The monoisotopic (exact) mass is 382 g/mol. The Morgan fingerprint density at radius 3 is 2.04 bits per heavy atom. The van der Waals surface area contributed by atoms with Crippen LogP contribution in [-0.4, -0.2) is 26.0 Å². The molecule has 2 amide bonds. The number of methoxy groups -OCH3 is 2. The maximum atomic E-state index is 12.3. The minimum Gasteiger partial charge on any atom is -0.496 e. The van der Waals surface area contributed by atoms with Crippen LogP contribution in [0.4, 0.5) is 0 Å². The standard InChI is InChI=1S/C17H16Cl2N2O4/c1-9-14(24-2)6-10(7-15(9)25-3)16(22)20-21-17(23)12-8-11(18)4-5-13(12)19/h4-8H,1-3H3,(H,20,22)(H,21,23). The molecule has 2 aromatic carbocycles. The van der Waals surface area contributed by atoms with Gasteiger partial charge < -0.3 is 9.47 Å². The molecule has 0 bridgehead atoms. The molecular weight excluding hydrogens is 367 g/mol. The van der Waals surface area contributed by atoms with Crippen molar-refractivity contribution < 1.29 is 19.1 Å². The summed E-state index contributed by atoms with van der Waals surface area (Å²) in [5.41, 5.74) is 5.77. The van der Waals surface area contributed by atoms with Crippen LogP contribution >= 0.6 is 23.2 Å². The van der Waals surface area contributed by atoms with E-state index in [-0.39, 0.29) is 16.1 Å². The Labute approximate surface area is 155 Å². The van der Waals surface area contributed by atoms with Gasteiger partial charge in [0.25, 0.3) is 11.8 Å². The van der Waals surface area contributed by atoms with E-state index in [1.165, 1.54) is 26.4 Å². The normalized spacial score (nSPS) is 10.1. The molecule has 0 radical (unpaired) electrons. The third kappa shape index (κ3) is 4.35. The summed E-state index contributed by atoms with van der Waals surface area (Å²) in [6, 6.07) is 7.56. The topological polar surface area (TPSA) is 76.7 Å². The van der Waals surface area contributed by atoms with Crippen LogP contribution < -0.4 is 20.3 Å². The first-order chi connectivity index (χ1) is 11.9. The van der Waals surface area contributed by atoms with Crippen molar-refractivity contribution >= 4 is 35.0 Å². The lowest BCUT2D eigenvalue weighted by Crippen LogP contribution is -2.41. The van der Waals surface area contributed by atoms with Gasteiger partial charge >= 0.3 is 0 Å². The average molecular weight is 383 g/mol. The van der Waals surface area contributed by atoms with E-state index in [9.17, 15) is 9.59 Å². The van der Waals surface area contributed by atoms with Crippen molar-refractivity contribution in [3.63, 3.8) is 0 Å². The first-order valence-corrected chi connectivity index (χ1v) is 7.91. The number of ether oxygens (including phenoxy) is 2. The first kappa shape index (κ1) is 18.9. The Morgan fingerprint density at radius 1 is 0.920 bits per heavy atom. The Hall–Kier alpha value is -2.44. The smallest absolute Gasteiger partial charge is 0.271 e. The summed E-state index contributed by atoms with van der Waals surface area (Å²) in [7, 11) is 2.98. The maximum absolute atomic E-state index is 12.3. The third-order valence-corrected chi connectivity index (χ3v) is 4.04. The molecule has 0 saturated carbocycles. The highest BCUT2D eigenvalue weighted by atomic mass is 35.5. The van der Waals surface area contributed by atoms with E-state index >= 15 is 0 Å². The Morgan fingerprint density at radius 2 is 1.48 bits per heavy atom. The number of benzene rings is 2. The predicted molar refractivity (Wildman–Crippen MR) is 95.7 cm³/mol. The van der Waals surface area contributed by atoms with Crippen molar-refractivity contribution in [2.24, 2.45) is 0 Å². The Bertz CT molecular complexity index is 799. The van der Waals surface area contributed by atoms with E-state index in [0.717, 1.165) is 5.56 Å². The van der Waals surface area contributed by atoms with Gasteiger partial charge in [0.05, 0.1) is 24.8 Å². The van der Waals surface area contributed by atoms with E-state index in [1.807, 2.05) is 6.92 Å². The number of hydrogen-bond acceptors (Lipinski definition) is 4. The second-order valence-corrected chi connectivity index (χ2v) is 5.88. The summed E-state index contributed by atoms with van der Waals surface area (Å²) in [6.07, 6.45) is 0. The highest BCUT2D eigenvalue weighted by Crippen LogP contribution is 2.29. The van der Waals surface area contributed by atoms with E-state index in [1.54, 1.807) is 18.2 Å². The second kappa shape index (κ2) is 8.09. The third-order valence-electron chi connectivity index (χ3n) is 3.48. The molecule has 0 atom stereocenters. The lowest BCUT2D eigenvalue weighted by atomic mass is 10.1. The van der Waals surface area contributed by atoms with Crippen LogP contribution in [0.1, 0.15) is 26.3 Å². The molecule has 0 saturated heterocycles. The molecule has 6 nitrogen and oxygen atoms in total. The van der Waals surface area contributed by atoms with Crippen LogP contribution in [0, 0.1) is 6.92 Å². The van der Waals surface area contributed by atoms with Gasteiger partial charge in [-0.25, -0.2) is 0 Å². The molecule has 25 heavy (non-hydrogen) atoms. The zero-order valence-electron chi connectivity index (χ0n) is 13.8. The largest absolute Gasteiger partial charge is 0.496 e. The summed E-state index contributed by atoms with van der Waals surface area (Å²) < 4.78 is 10.4. The Balaban J connectivity index is 2.15. The molecule has 2 N–H and O–H groups in total. The molecule has 0 unspecified atom stereocenters. The van der Waals surface area contributed by atoms with Crippen LogP contribution in [-0.2, 0) is 0 Å². The molecule has 0 heterocycles. The summed E-state index contributed by atoms with van der Waals surface area (Å²) in [6.45, 7) is 1.81. The SMILES string of the molecule is COc1cc(C(=O)NNC(=O)c2cc(Cl)ccc2Cl)cc(OC)c1C. The zero-order chi connectivity index (χ0) is 18.6. The highest BCUT2D eigenvalue weighted by molar-refractivity contribution is 6.35. The molecular formula is C17H16Cl2N2O4. The van der Waals surface area contributed by atoms with Crippen molar-refractivity contribution in [1.82, 2.24) is 10.9 Å². The molecule has 8 heteroatoms. The zero-order valence-corrected chi connectivity index (χ0v) is 15.3. The lowest BCUT2D eigenvalue weighted by Gasteiger charge is -2.13. The van der Waals surface area contributed by atoms with E-state index in [0.29, 0.717) is 16.5 Å². The van der Waals surface area contributed by atoms with Gasteiger partial charge in [0.15, 0.2) is 0 Å². The van der Waals surface area contributed by atoms with Crippen molar-refractivity contribution in [3.05, 3.63) is 57.1 Å². The number of nitrogens with one attached hydrogen (secondary N) is 2. The van der Waals surface area contributed by atoms with Gasteiger partial charge in [0.2, 0.25) is 0 Å². The fourth-order valence-corrected chi connectivity index (χ4v) is 2.52. The summed E-state index contributed by atoms with van der Waals surface area (Å²) in [4.78, 5) is 24.4. The van der Waals surface area contributed by atoms with E-state index < -0.39 is 11.8 Å². The van der Waals surface area contributed by atoms with Gasteiger partial charge in [-0.1, -0.05) is 23.2 Å².